The number of carbonyl (C=O) groups excluding carboxylic acids is 1. The van der Waals surface area contributed by atoms with Gasteiger partial charge in [0.15, 0.2) is 0 Å². The first-order valence-electron chi connectivity index (χ1n) is 14.2. The third-order valence-electron chi connectivity index (χ3n) is 7.83. The number of nitrogens with zero attached hydrogens (tertiary/aromatic N) is 6. The maximum Gasteiger partial charge on any atom is 0.409 e. The molecule has 0 unspecified atom stereocenters. The highest BCUT2D eigenvalue weighted by molar-refractivity contribution is 5.68. The van der Waals surface area contributed by atoms with Crippen LogP contribution >= 0.6 is 0 Å². The molecule has 3 aromatic heterocycles. The molecule has 5 rings (SSSR count). The normalized spacial score (nSPS) is 18.8. The van der Waals surface area contributed by atoms with E-state index >= 15 is 8.78 Å². The lowest BCUT2D eigenvalue weighted by atomic mass is 9.88. The van der Waals surface area contributed by atoms with E-state index in [4.69, 9.17) is 15.2 Å². The predicted octanol–water partition coefficient (Wildman–Crippen LogP) is 4.44. The SMILES string of the molecule is COC(=O)N(C)[C@@H]1[C@H](N)CN(c2ccncc2Cc2ncc3ccc(-c4c(F)cc(COC(C)C)cc4F)nn23)C[C@@H]1C. The minimum absolute atomic E-state index is 0.0601. The van der Waals surface area contributed by atoms with Gasteiger partial charge in [0, 0.05) is 56.2 Å². The van der Waals surface area contributed by atoms with Gasteiger partial charge in [-0.25, -0.2) is 23.1 Å². The van der Waals surface area contributed by atoms with Gasteiger partial charge in [0.25, 0.3) is 0 Å². The first kappa shape index (κ1) is 30.3. The van der Waals surface area contributed by atoms with Crippen molar-refractivity contribution in [2.45, 2.75) is 52.0 Å². The molecular formula is C31H37F2N7O3. The molecule has 4 heterocycles. The van der Waals surface area contributed by atoms with Gasteiger partial charge in [0.1, 0.15) is 17.5 Å². The molecule has 1 saturated heterocycles. The van der Waals surface area contributed by atoms with Crippen LogP contribution in [0.5, 0.6) is 0 Å². The Morgan fingerprint density at radius 2 is 1.91 bits per heavy atom. The maximum atomic E-state index is 15.1. The number of anilines is 1. The molecule has 1 aliphatic heterocycles. The van der Waals surface area contributed by atoms with Crippen LogP contribution in [-0.4, -0.2) is 76.0 Å². The van der Waals surface area contributed by atoms with Crippen molar-refractivity contribution in [3.8, 4) is 11.3 Å². The summed E-state index contributed by atoms with van der Waals surface area (Å²) >= 11 is 0. The second kappa shape index (κ2) is 12.6. The Kier molecular flexibility index (Phi) is 8.88. The first-order chi connectivity index (χ1) is 20.6. The molecule has 0 aliphatic carbocycles. The van der Waals surface area contributed by atoms with E-state index in [2.05, 4.69) is 26.9 Å². The van der Waals surface area contributed by atoms with Gasteiger partial charge in [-0.1, -0.05) is 6.92 Å². The lowest BCUT2D eigenvalue weighted by molar-refractivity contribution is 0.0654. The number of rotatable bonds is 8. The number of aromatic nitrogens is 4. The van der Waals surface area contributed by atoms with Gasteiger partial charge < -0.3 is 25.0 Å². The fourth-order valence-electron chi connectivity index (χ4n) is 5.88. The Morgan fingerprint density at radius 3 is 2.58 bits per heavy atom. The molecule has 0 radical (unpaired) electrons. The quantitative estimate of drug-likeness (QED) is 0.319. The summed E-state index contributed by atoms with van der Waals surface area (Å²) in [4.78, 5) is 24.9. The molecule has 228 valence electrons. The standard InChI is InChI=1S/C31H37F2N7O3/c1-18(2)43-17-20-10-23(32)29(24(33)11-20)26-7-6-22-14-36-28(40(22)37-26)12-21-13-35-9-8-27(21)39-15-19(3)30(25(34)16-39)38(4)31(41)42-5/h6-11,13-14,18-19,25,30H,12,15-17,34H2,1-5H3/t19-,25+,30-/m0/s1. The lowest BCUT2D eigenvalue weighted by Crippen LogP contribution is -2.62. The topological polar surface area (TPSA) is 111 Å². The van der Waals surface area contributed by atoms with Gasteiger partial charge in [0.2, 0.25) is 0 Å². The summed E-state index contributed by atoms with van der Waals surface area (Å²) in [5.41, 5.74) is 9.47. The van der Waals surface area contributed by atoms with Gasteiger partial charge >= 0.3 is 6.09 Å². The van der Waals surface area contributed by atoms with Crippen LogP contribution in [0, 0.1) is 17.6 Å². The highest BCUT2D eigenvalue weighted by atomic mass is 19.1. The first-order valence-corrected chi connectivity index (χ1v) is 14.2. The second-order valence-corrected chi connectivity index (χ2v) is 11.3. The van der Waals surface area contributed by atoms with E-state index in [1.807, 2.05) is 19.9 Å². The van der Waals surface area contributed by atoms with Gasteiger partial charge in [-0.15, -0.1) is 0 Å². The number of benzene rings is 1. The molecule has 4 aromatic rings. The Hall–Kier alpha value is -4.16. The second-order valence-electron chi connectivity index (χ2n) is 11.3. The molecular weight excluding hydrogens is 556 g/mol. The van der Waals surface area contributed by atoms with Crippen molar-refractivity contribution in [2.75, 3.05) is 32.1 Å². The Balaban J connectivity index is 1.41. The van der Waals surface area contributed by atoms with E-state index in [9.17, 15) is 4.79 Å². The predicted molar refractivity (Wildman–Crippen MR) is 159 cm³/mol. The molecule has 0 bridgehead atoms. The molecule has 1 amide bonds. The van der Waals surface area contributed by atoms with Crippen LogP contribution < -0.4 is 10.6 Å². The van der Waals surface area contributed by atoms with E-state index in [0.29, 0.717) is 36.4 Å². The van der Waals surface area contributed by atoms with Crippen LogP contribution in [0.2, 0.25) is 0 Å². The van der Waals surface area contributed by atoms with Gasteiger partial charge in [-0.3, -0.25) is 4.98 Å². The molecule has 1 aromatic carbocycles. The monoisotopic (exact) mass is 593 g/mol. The number of likely N-dealkylation sites (N-methyl/N-ethyl adjacent to an activating group) is 1. The smallest absolute Gasteiger partial charge is 0.409 e. The molecule has 12 heteroatoms. The molecule has 43 heavy (non-hydrogen) atoms. The van der Waals surface area contributed by atoms with Crippen LogP contribution in [0.4, 0.5) is 19.3 Å². The fourth-order valence-corrected chi connectivity index (χ4v) is 5.88. The average Bonchev–Trinajstić information content (AvgIpc) is 3.37. The van der Waals surface area contributed by atoms with Crippen molar-refractivity contribution < 1.29 is 23.0 Å². The third-order valence-corrected chi connectivity index (χ3v) is 7.83. The summed E-state index contributed by atoms with van der Waals surface area (Å²) in [6.07, 6.45) is 5.07. The Labute approximate surface area is 249 Å². The zero-order valence-electron chi connectivity index (χ0n) is 25.0. The number of halogens is 2. The number of nitrogens with two attached hydrogens (primary N) is 1. The summed E-state index contributed by atoms with van der Waals surface area (Å²) < 4.78 is 42.3. The van der Waals surface area contributed by atoms with Crippen LogP contribution in [0.25, 0.3) is 16.8 Å². The summed E-state index contributed by atoms with van der Waals surface area (Å²) in [7, 11) is 3.07. The molecule has 1 fully saturated rings. The van der Waals surface area contributed by atoms with E-state index in [0.717, 1.165) is 11.3 Å². The number of methoxy groups -OCH3 is 1. The number of piperidine rings is 1. The number of hydrogen-bond donors (Lipinski definition) is 1. The highest BCUT2D eigenvalue weighted by Crippen LogP contribution is 2.30. The zero-order chi connectivity index (χ0) is 30.8. The molecule has 1 aliphatic rings. The molecule has 0 spiro atoms. The molecule has 10 nitrogen and oxygen atoms in total. The summed E-state index contributed by atoms with van der Waals surface area (Å²) in [6.45, 7) is 7.09. The van der Waals surface area contributed by atoms with Gasteiger partial charge in [-0.2, -0.15) is 5.10 Å². The number of pyridine rings is 1. The van der Waals surface area contributed by atoms with Crippen LogP contribution in [-0.2, 0) is 22.5 Å². The number of amides is 1. The maximum absolute atomic E-state index is 15.1. The lowest BCUT2D eigenvalue weighted by Gasteiger charge is -2.45. The van der Waals surface area contributed by atoms with Crippen molar-refractivity contribution in [2.24, 2.45) is 11.7 Å². The number of carbonyl (C=O) groups is 1. The summed E-state index contributed by atoms with van der Waals surface area (Å²) in [5, 5.41) is 4.59. The number of imidazole rings is 1. The molecule has 3 atom stereocenters. The van der Waals surface area contributed by atoms with E-state index in [1.54, 1.807) is 47.2 Å². The number of ether oxygens (including phenoxy) is 2. The summed E-state index contributed by atoms with van der Waals surface area (Å²) in [5.74, 6) is -0.765. The Morgan fingerprint density at radius 1 is 1.16 bits per heavy atom. The van der Waals surface area contributed by atoms with Crippen LogP contribution in [0.15, 0.2) is 48.9 Å². The van der Waals surface area contributed by atoms with E-state index in [-0.39, 0.29) is 42.0 Å². The Bertz CT molecular complexity index is 1580. The minimum Gasteiger partial charge on any atom is -0.453 e. The van der Waals surface area contributed by atoms with E-state index < -0.39 is 17.7 Å². The zero-order valence-corrected chi connectivity index (χ0v) is 25.0. The molecule has 2 N–H and O–H groups in total. The van der Waals surface area contributed by atoms with Crippen molar-refractivity contribution >= 4 is 17.3 Å². The number of fused-ring (bicyclic) bond motifs is 1. The van der Waals surface area contributed by atoms with Gasteiger partial charge in [0.05, 0.1) is 48.8 Å². The van der Waals surface area contributed by atoms with Crippen molar-refractivity contribution in [1.29, 1.82) is 0 Å². The fraction of sp³-hybridized carbons (Fsp3) is 0.419. The van der Waals surface area contributed by atoms with Crippen molar-refractivity contribution in [3.63, 3.8) is 0 Å². The third kappa shape index (κ3) is 6.30. The summed E-state index contributed by atoms with van der Waals surface area (Å²) in [6, 6.07) is 7.33. The minimum atomic E-state index is -0.711. The van der Waals surface area contributed by atoms with Crippen molar-refractivity contribution in [1.82, 2.24) is 24.5 Å². The van der Waals surface area contributed by atoms with Gasteiger partial charge in [-0.05, 0) is 55.7 Å². The average molecular weight is 594 g/mol. The van der Waals surface area contributed by atoms with Crippen LogP contribution in [0.3, 0.4) is 0 Å². The van der Waals surface area contributed by atoms with E-state index in [1.165, 1.54) is 19.2 Å². The van der Waals surface area contributed by atoms with Crippen LogP contribution in [0.1, 0.15) is 37.7 Å². The largest absolute Gasteiger partial charge is 0.453 e. The number of hydrogen-bond acceptors (Lipinski definition) is 8. The van der Waals surface area contributed by atoms with Crippen molar-refractivity contribution in [3.05, 3.63) is 77.5 Å². The molecule has 0 saturated carbocycles. The highest BCUT2D eigenvalue weighted by Gasteiger charge is 2.38.